The Morgan fingerprint density at radius 1 is 1.04 bits per heavy atom. The molecule has 0 bridgehead atoms. The van der Waals surface area contributed by atoms with Crippen LogP contribution in [0.15, 0.2) is 111 Å². The average Bonchev–Trinajstić information content (AvgIpc) is 3.10. The number of aromatic nitrogens is 2. The molecule has 1 aromatic carbocycles. The van der Waals surface area contributed by atoms with E-state index in [1.54, 1.807) is 18.0 Å². The molecule has 2 aromatic heterocycles. The Morgan fingerprint density at radius 3 is 2.71 bits per heavy atom. The second-order valence-electron chi connectivity index (χ2n) is 6.34. The van der Waals surface area contributed by atoms with Gasteiger partial charge in [-0.25, -0.2) is 4.98 Å². The van der Waals surface area contributed by atoms with Crippen LogP contribution in [-0.4, -0.2) is 10.1 Å². The SMILES string of the molecule is C=C1C=CC(Cc2cc(-c3cccnc3N)on2)=CC=C1Sc1ccccc1. The Kier molecular flexibility index (Phi) is 5.26. The zero-order valence-corrected chi connectivity index (χ0v) is 16.0. The fraction of sp³-hybridized carbons (Fsp3) is 0.0435. The third-order valence-corrected chi connectivity index (χ3v) is 5.41. The Bertz CT molecular complexity index is 1090. The summed E-state index contributed by atoms with van der Waals surface area (Å²) in [4.78, 5) is 6.41. The number of hydrogen-bond donors (Lipinski definition) is 1. The van der Waals surface area contributed by atoms with E-state index in [1.807, 2.05) is 42.5 Å². The van der Waals surface area contributed by atoms with Gasteiger partial charge in [-0.05, 0) is 41.5 Å². The largest absolute Gasteiger partial charge is 0.383 e. The van der Waals surface area contributed by atoms with E-state index in [1.165, 1.54) is 4.90 Å². The van der Waals surface area contributed by atoms with Gasteiger partial charge in [-0.2, -0.15) is 0 Å². The van der Waals surface area contributed by atoms with Gasteiger partial charge < -0.3 is 10.3 Å². The lowest BCUT2D eigenvalue weighted by Gasteiger charge is -2.05. The molecule has 2 heterocycles. The second-order valence-corrected chi connectivity index (χ2v) is 7.46. The van der Waals surface area contributed by atoms with Crippen LogP contribution in [0.4, 0.5) is 5.82 Å². The maximum atomic E-state index is 5.92. The summed E-state index contributed by atoms with van der Waals surface area (Å²) in [6.45, 7) is 4.18. The molecule has 0 amide bonds. The Balaban J connectivity index is 1.52. The summed E-state index contributed by atoms with van der Waals surface area (Å²) in [6, 6.07) is 15.9. The van der Waals surface area contributed by atoms with Crippen molar-refractivity contribution in [2.75, 3.05) is 5.73 Å². The second kappa shape index (κ2) is 8.15. The Morgan fingerprint density at radius 2 is 1.89 bits per heavy atom. The molecule has 1 aliphatic carbocycles. The molecule has 2 N–H and O–H groups in total. The maximum absolute atomic E-state index is 5.92. The van der Waals surface area contributed by atoms with E-state index in [4.69, 9.17) is 10.3 Å². The number of rotatable bonds is 5. The average molecular weight is 385 g/mol. The van der Waals surface area contributed by atoms with Crippen LogP contribution >= 0.6 is 11.8 Å². The van der Waals surface area contributed by atoms with Crippen LogP contribution in [0, 0.1) is 0 Å². The topological polar surface area (TPSA) is 64.9 Å². The molecule has 0 saturated heterocycles. The van der Waals surface area contributed by atoms with Gasteiger partial charge in [0.1, 0.15) is 5.82 Å². The zero-order chi connectivity index (χ0) is 19.3. The van der Waals surface area contributed by atoms with Crippen LogP contribution in [0.5, 0.6) is 0 Å². The third-order valence-electron chi connectivity index (χ3n) is 4.28. The molecule has 0 radical (unpaired) electrons. The van der Waals surface area contributed by atoms with E-state index in [0.717, 1.165) is 27.3 Å². The normalized spacial score (nSPS) is 13.8. The highest BCUT2D eigenvalue weighted by Gasteiger charge is 2.12. The smallest absolute Gasteiger partial charge is 0.170 e. The first-order valence-electron chi connectivity index (χ1n) is 8.86. The molecule has 28 heavy (non-hydrogen) atoms. The number of anilines is 1. The van der Waals surface area contributed by atoms with Crippen molar-refractivity contribution in [1.29, 1.82) is 0 Å². The highest BCUT2D eigenvalue weighted by atomic mass is 32.2. The molecular formula is C23H19N3OS. The monoisotopic (exact) mass is 385 g/mol. The summed E-state index contributed by atoms with van der Waals surface area (Å²) in [5, 5.41) is 4.18. The van der Waals surface area contributed by atoms with Crippen LogP contribution in [-0.2, 0) is 6.42 Å². The fourth-order valence-electron chi connectivity index (χ4n) is 2.83. The van der Waals surface area contributed by atoms with Crippen LogP contribution in [0.2, 0.25) is 0 Å². The summed E-state index contributed by atoms with van der Waals surface area (Å²) in [5.41, 5.74) is 9.63. The molecule has 138 valence electrons. The van der Waals surface area contributed by atoms with Gasteiger partial charge in [0.05, 0.1) is 11.3 Å². The van der Waals surface area contributed by atoms with Gasteiger partial charge in [0.25, 0.3) is 0 Å². The number of pyridine rings is 1. The summed E-state index contributed by atoms with van der Waals surface area (Å²) in [5.74, 6) is 1.06. The Hall–Kier alpha value is -3.31. The van der Waals surface area contributed by atoms with Gasteiger partial charge in [-0.15, -0.1) is 0 Å². The molecule has 0 unspecified atom stereocenters. The molecule has 1 aliphatic rings. The van der Waals surface area contributed by atoms with Gasteiger partial charge in [-0.3, -0.25) is 0 Å². The molecule has 5 heteroatoms. The number of nitrogen functional groups attached to an aromatic ring is 1. The van der Waals surface area contributed by atoms with Crippen LogP contribution < -0.4 is 5.73 Å². The van der Waals surface area contributed by atoms with Crippen molar-refractivity contribution < 1.29 is 4.52 Å². The van der Waals surface area contributed by atoms with Crippen molar-refractivity contribution in [1.82, 2.24) is 10.1 Å². The van der Waals surface area contributed by atoms with Crippen molar-refractivity contribution in [3.63, 3.8) is 0 Å². The quantitative estimate of drug-likeness (QED) is 0.620. The minimum absolute atomic E-state index is 0.431. The zero-order valence-electron chi connectivity index (χ0n) is 15.2. The minimum Gasteiger partial charge on any atom is -0.383 e. The van der Waals surface area contributed by atoms with Gasteiger partial charge in [0.15, 0.2) is 5.76 Å². The molecule has 4 nitrogen and oxygen atoms in total. The van der Waals surface area contributed by atoms with E-state index in [9.17, 15) is 0 Å². The van der Waals surface area contributed by atoms with Crippen molar-refractivity contribution >= 4 is 17.6 Å². The third kappa shape index (κ3) is 4.15. The summed E-state index contributed by atoms with van der Waals surface area (Å²) >= 11 is 1.71. The number of hydrogen-bond acceptors (Lipinski definition) is 5. The molecule has 0 fully saturated rings. The Labute approximate surface area is 168 Å². The maximum Gasteiger partial charge on any atom is 0.170 e. The lowest BCUT2D eigenvalue weighted by molar-refractivity contribution is 0.425. The van der Waals surface area contributed by atoms with Crippen LogP contribution in [0.25, 0.3) is 11.3 Å². The molecule has 0 saturated carbocycles. The molecular weight excluding hydrogens is 366 g/mol. The number of thioether (sulfide) groups is 1. The van der Waals surface area contributed by atoms with Gasteiger partial charge in [-0.1, -0.05) is 59.9 Å². The van der Waals surface area contributed by atoms with E-state index in [0.29, 0.717) is 18.0 Å². The number of benzene rings is 1. The fourth-order valence-corrected chi connectivity index (χ4v) is 3.71. The first-order valence-corrected chi connectivity index (χ1v) is 9.68. The van der Waals surface area contributed by atoms with E-state index >= 15 is 0 Å². The predicted molar refractivity (Wildman–Crippen MR) is 115 cm³/mol. The standard InChI is InChI=1S/C23H19N3OS/c1-16-9-10-17(11-12-22(16)28-19-6-3-2-4-7-19)14-18-15-21(27-26-18)20-8-5-13-25-23(20)24/h2-13,15H,1,14H2,(H2,24,25). The number of nitrogens with zero attached hydrogens (tertiary/aromatic N) is 2. The van der Waals surface area contributed by atoms with Crippen LogP contribution in [0.1, 0.15) is 5.69 Å². The van der Waals surface area contributed by atoms with Crippen molar-refractivity contribution in [3.05, 3.63) is 107 Å². The number of nitrogens with two attached hydrogens (primary N) is 1. The molecule has 0 aliphatic heterocycles. The highest BCUT2D eigenvalue weighted by Crippen LogP contribution is 2.33. The first kappa shape index (κ1) is 18.1. The highest BCUT2D eigenvalue weighted by molar-refractivity contribution is 8.03. The molecule has 0 atom stereocenters. The summed E-state index contributed by atoms with van der Waals surface area (Å²) in [6.07, 6.45) is 10.6. The lowest BCUT2D eigenvalue weighted by Crippen LogP contribution is -1.91. The van der Waals surface area contributed by atoms with Gasteiger partial charge in [0, 0.05) is 28.5 Å². The predicted octanol–water partition coefficient (Wildman–Crippen LogP) is 5.59. The molecule has 3 aromatic rings. The van der Waals surface area contributed by atoms with Gasteiger partial charge in [0.2, 0.25) is 0 Å². The molecule has 4 rings (SSSR count). The lowest BCUT2D eigenvalue weighted by atomic mass is 10.1. The van der Waals surface area contributed by atoms with E-state index in [-0.39, 0.29) is 0 Å². The van der Waals surface area contributed by atoms with Crippen molar-refractivity contribution in [3.8, 4) is 11.3 Å². The van der Waals surface area contributed by atoms with E-state index in [2.05, 4.69) is 47.1 Å². The van der Waals surface area contributed by atoms with Crippen molar-refractivity contribution in [2.24, 2.45) is 0 Å². The van der Waals surface area contributed by atoms with Crippen molar-refractivity contribution in [2.45, 2.75) is 11.3 Å². The van der Waals surface area contributed by atoms with Gasteiger partial charge >= 0.3 is 0 Å². The summed E-state index contributed by atoms with van der Waals surface area (Å²) < 4.78 is 5.47. The van der Waals surface area contributed by atoms with Crippen LogP contribution in [0.3, 0.4) is 0 Å². The first-order chi connectivity index (χ1) is 13.7. The van der Waals surface area contributed by atoms with E-state index < -0.39 is 0 Å². The summed E-state index contributed by atoms with van der Waals surface area (Å²) in [7, 11) is 0. The molecule has 0 spiro atoms. The number of allylic oxidation sites excluding steroid dienone is 6. The minimum atomic E-state index is 0.431.